The molecule has 1 fully saturated rings. The third-order valence-electron chi connectivity index (χ3n) is 8.12. The Labute approximate surface area is 187 Å². The van der Waals surface area contributed by atoms with Crippen LogP contribution in [0, 0.1) is 13.8 Å². The summed E-state index contributed by atoms with van der Waals surface area (Å²) < 4.78 is 4.84. The van der Waals surface area contributed by atoms with E-state index in [1.54, 1.807) is 0 Å². The van der Waals surface area contributed by atoms with Crippen LogP contribution in [-0.2, 0) is 7.05 Å². The predicted molar refractivity (Wildman–Crippen MR) is 133 cm³/mol. The zero-order chi connectivity index (χ0) is 21.6. The summed E-state index contributed by atoms with van der Waals surface area (Å²) in [7, 11) is 2.19. The van der Waals surface area contributed by atoms with E-state index in [-0.39, 0.29) is 0 Å². The summed E-state index contributed by atoms with van der Waals surface area (Å²) in [4.78, 5) is 4.85. The highest BCUT2D eigenvalue weighted by Gasteiger charge is 2.26. The lowest BCUT2D eigenvalue weighted by Gasteiger charge is -2.23. The second-order valence-electron chi connectivity index (χ2n) is 9.91. The molecule has 158 valence electrons. The molecule has 0 N–H and O–H groups in total. The van der Waals surface area contributed by atoms with Gasteiger partial charge < -0.3 is 4.40 Å². The number of rotatable bonds is 1. The van der Waals surface area contributed by atoms with Crippen molar-refractivity contribution in [1.82, 2.24) is 9.38 Å². The molecule has 0 aliphatic heterocycles. The molecule has 7 rings (SSSR count). The molecule has 0 atom stereocenters. The normalized spacial score (nSPS) is 15.8. The summed E-state index contributed by atoms with van der Waals surface area (Å²) in [6.45, 7) is 4.51. The molecule has 1 aliphatic carbocycles. The first-order valence-electron chi connectivity index (χ1n) is 12.0. The summed E-state index contributed by atoms with van der Waals surface area (Å²) in [6, 6.07) is 14.0. The minimum Gasteiger partial charge on any atom is -0.306 e. The fourth-order valence-corrected chi connectivity index (χ4v) is 6.41. The first-order valence-corrected chi connectivity index (χ1v) is 12.0. The Balaban J connectivity index is 1.79. The van der Waals surface area contributed by atoms with Crippen LogP contribution in [0.4, 0.5) is 0 Å². The molecule has 4 aromatic heterocycles. The fraction of sp³-hybridized carbons (Fsp3) is 0.310. The van der Waals surface area contributed by atoms with Gasteiger partial charge in [0, 0.05) is 17.6 Å². The second kappa shape index (κ2) is 6.41. The molecule has 0 saturated heterocycles. The van der Waals surface area contributed by atoms with Crippen LogP contribution >= 0.6 is 0 Å². The van der Waals surface area contributed by atoms with E-state index in [2.05, 4.69) is 72.5 Å². The first-order chi connectivity index (χ1) is 15.6. The van der Waals surface area contributed by atoms with Crippen molar-refractivity contribution in [3.05, 3.63) is 65.5 Å². The molecule has 2 aromatic carbocycles. The van der Waals surface area contributed by atoms with Gasteiger partial charge in [-0.3, -0.25) is 4.98 Å². The summed E-state index contributed by atoms with van der Waals surface area (Å²) in [5, 5.41) is 5.37. The number of aryl methyl sites for hydroxylation is 3. The maximum absolute atomic E-state index is 4.85. The van der Waals surface area contributed by atoms with Crippen molar-refractivity contribution in [3.8, 4) is 0 Å². The standard InChI is InChI=1S/C29H28N3/c1-17-14-22-27-23(10-7-12-30-27)32-24-16-21(19-8-5-4-6-9-19)15-20-11-13-31(3)29(26(20)24)25(18(17)2)28(22)32/h7,10-16,19H,4-6,8-9H2,1-3H3/q+1. The summed E-state index contributed by atoms with van der Waals surface area (Å²) in [6.07, 6.45) is 10.9. The molecule has 0 unspecified atom stereocenters. The van der Waals surface area contributed by atoms with Crippen LogP contribution < -0.4 is 4.57 Å². The molecule has 0 spiro atoms. The molecule has 32 heavy (non-hydrogen) atoms. The fourth-order valence-electron chi connectivity index (χ4n) is 6.41. The van der Waals surface area contributed by atoms with Gasteiger partial charge >= 0.3 is 0 Å². The number of fused-ring (bicyclic) bond motifs is 5. The predicted octanol–water partition coefficient (Wildman–Crippen LogP) is 6.87. The highest BCUT2D eigenvalue weighted by molar-refractivity contribution is 6.25. The van der Waals surface area contributed by atoms with Gasteiger partial charge in [-0.2, -0.15) is 0 Å². The van der Waals surface area contributed by atoms with Crippen molar-refractivity contribution >= 4 is 49.1 Å². The number of pyridine rings is 3. The molecule has 1 saturated carbocycles. The molecular weight excluding hydrogens is 390 g/mol. The lowest BCUT2D eigenvalue weighted by Crippen LogP contribution is -2.29. The minimum absolute atomic E-state index is 0.679. The average molecular weight is 419 g/mol. The third kappa shape index (κ3) is 2.26. The number of nitrogens with zero attached hydrogens (tertiary/aromatic N) is 3. The topological polar surface area (TPSA) is 21.2 Å². The SMILES string of the molecule is Cc1cc2c3ncccc3n3c4cc(C5CCCCC5)cc5cc[n+](C)c(c(c1C)c23)c54. The highest BCUT2D eigenvalue weighted by atomic mass is 15.0. The molecule has 3 heteroatoms. The van der Waals surface area contributed by atoms with Crippen molar-refractivity contribution in [3.63, 3.8) is 0 Å². The third-order valence-corrected chi connectivity index (χ3v) is 8.12. The van der Waals surface area contributed by atoms with Crippen LogP contribution in [0.1, 0.15) is 54.7 Å². The minimum atomic E-state index is 0.679. The molecule has 1 aliphatic rings. The smallest absolute Gasteiger partial charge is 0.224 e. The van der Waals surface area contributed by atoms with E-state index in [4.69, 9.17) is 4.98 Å². The van der Waals surface area contributed by atoms with Crippen LogP contribution in [0.5, 0.6) is 0 Å². The second-order valence-corrected chi connectivity index (χ2v) is 9.91. The number of benzene rings is 2. The van der Waals surface area contributed by atoms with E-state index in [1.165, 1.54) is 92.4 Å². The molecule has 6 aromatic rings. The van der Waals surface area contributed by atoms with Gasteiger partial charge in [0.2, 0.25) is 5.52 Å². The van der Waals surface area contributed by atoms with Gasteiger partial charge in [0.05, 0.1) is 32.8 Å². The highest BCUT2D eigenvalue weighted by Crippen LogP contribution is 2.43. The van der Waals surface area contributed by atoms with E-state index in [0.717, 1.165) is 5.52 Å². The number of aromatic nitrogens is 3. The van der Waals surface area contributed by atoms with Gasteiger partial charge in [0.25, 0.3) is 0 Å². The summed E-state index contributed by atoms with van der Waals surface area (Å²) >= 11 is 0. The van der Waals surface area contributed by atoms with Crippen molar-refractivity contribution in [2.45, 2.75) is 51.9 Å². The Morgan fingerprint density at radius 3 is 2.66 bits per heavy atom. The zero-order valence-electron chi connectivity index (χ0n) is 19.1. The Morgan fingerprint density at radius 2 is 1.81 bits per heavy atom. The largest absolute Gasteiger partial charge is 0.306 e. The quantitative estimate of drug-likeness (QED) is 0.162. The van der Waals surface area contributed by atoms with Crippen LogP contribution in [-0.4, -0.2) is 9.38 Å². The average Bonchev–Trinajstić information content (AvgIpc) is 3.15. The monoisotopic (exact) mass is 418 g/mol. The van der Waals surface area contributed by atoms with Crippen molar-refractivity contribution in [2.24, 2.45) is 7.05 Å². The zero-order valence-corrected chi connectivity index (χ0v) is 19.1. The van der Waals surface area contributed by atoms with Gasteiger partial charge in [-0.05, 0) is 78.9 Å². The number of hydrogen-bond acceptors (Lipinski definition) is 1. The summed E-state index contributed by atoms with van der Waals surface area (Å²) in [5.74, 6) is 0.679. The van der Waals surface area contributed by atoms with E-state index in [9.17, 15) is 0 Å². The van der Waals surface area contributed by atoms with Crippen LogP contribution in [0.2, 0.25) is 0 Å². The van der Waals surface area contributed by atoms with Crippen LogP contribution in [0.15, 0.2) is 48.8 Å². The van der Waals surface area contributed by atoms with Gasteiger partial charge in [-0.25, -0.2) is 4.57 Å². The maximum atomic E-state index is 4.85. The number of hydrogen-bond donors (Lipinski definition) is 0. The Kier molecular flexibility index (Phi) is 3.68. The van der Waals surface area contributed by atoms with Crippen LogP contribution in [0.25, 0.3) is 49.1 Å². The molecule has 4 heterocycles. The van der Waals surface area contributed by atoms with Crippen molar-refractivity contribution < 1.29 is 4.57 Å². The van der Waals surface area contributed by atoms with Gasteiger partial charge in [-0.1, -0.05) is 25.3 Å². The van der Waals surface area contributed by atoms with Gasteiger partial charge in [0.1, 0.15) is 7.05 Å². The first kappa shape index (κ1) is 18.4. The lowest BCUT2D eigenvalue weighted by molar-refractivity contribution is -0.643. The molecule has 0 bridgehead atoms. The van der Waals surface area contributed by atoms with Gasteiger partial charge in [0.15, 0.2) is 6.20 Å². The maximum Gasteiger partial charge on any atom is 0.224 e. The lowest BCUT2D eigenvalue weighted by atomic mass is 9.83. The van der Waals surface area contributed by atoms with E-state index >= 15 is 0 Å². The van der Waals surface area contributed by atoms with Crippen molar-refractivity contribution in [2.75, 3.05) is 0 Å². The van der Waals surface area contributed by atoms with E-state index in [0.29, 0.717) is 5.92 Å². The van der Waals surface area contributed by atoms with E-state index < -0.39 is 0 Å². The van der Waals surface area contributed by atoms with E-state index in [1.807, 2.05) is 6.20 Å². The molecule has 0 radical (unpaired) electrons. The Morgan fingerprint density at radius 1 is 0.969 bits per heavy atom. The Bertz CT molecular complexity index is 1680. The van der Waals surface area contributed by atoms with Crippen molar-refractivity contribution in [1.29, 1.82) is 0 Å². The summed E-state index contributed by atoms with van der Waals surface area (Å²) in [5.41, 5.74) is 10.5. The molecule has 0 amide bonds. The Hall–Kier alpha value is -3.20. The molecule has 3 nitrogen and oxygen atoms in total. The van der Waals surface area contributed by atoms with Gasteiger partial charge in [-0.15, -0.1) is 0 Å². The van der Waals surface area contributed by atoms with Crippen LogP contribution in [0.3, 0.4) is 0 Å². The molecular formula is C29H28N3+.